The van der Waals surface area contributed by atoms with E-state index in [1.165, 1.54) is 21.6 Å². The van der Waals surface area contributed by atoms with Crippen LogP contribution in [0.5, 0.6) is 0 Å². The molecule has 0 saturated carbocycles. The number of nitrogens with two attached hydrogens (primary N) is 2. The fourth-order valence-electron chi connectivity index (χ4n) is 1.12. The molecule has 0 aromatic rings. The van der Waals surface area contributed by atoms with E-state index in [0.717, 1.165) is 12.8 Å². The van der Waals surface area contributed by atoms with E-state index in [9.17, 15) is 9.59 Å². The molecule has 6 nitrogen and oxygen atoms in total. The highest BCUT2D eigenvalue weighted by molar-refractivity contribution is 8.77. The van der Waals surface area contributed by atoms with Gasteiger partial charge in [-0.3, -0.25) is 9.59 Å². The lowest BCUT2D eigenvalue weighted by atomic mass is 10.1. The molecule has 0 radical (unpaired) electrons. The van der Waals surface area contributed by atoms with Crippen molar-refractivity contribution in [2.45, 2.75) is 43.5 Å². The molecular formula is C10H20N2O4S2. The molecule has 0 aromatic heterocycles. The summed E-state index contributed by atoms with van der Waals surface area (Å²) in [6.45, 7) is 2.02. The molecule has 0 amide bonds. The fourth-order valence-corrected chi connectivity index (χ4v) is 4.01. The number of hydrogen-bond donors (Lipinski definition) is 4. The first kappa shape index (κ1) is 17.6. The van der Waals surface area contributed by atoms with E-state index in [4.69, 9.17) is 21.7 Å². The maximum atomic E-state index is 10.8. The van der Waals surface area contributed by atoms with Crippen LogP contribution in [0.2, 0.25) is 0 Å². The van der Waals surface area contributed by atoms with E-state index in [1.54, 1.807) is 0 Å². The highest BCUT2D eigenvalue weighted by Gasteiger charge is 2.25. The maximum absolute atomic E-state index is 10.8. The van der Waals surface area contributed by atoms with Crippen molar-refractivity contribution in [3.05, 3.63) is 0 Å². The van der Waals surface area contributed by atoms with Gasteiger partial charge in [-0.15, -0.1) is 0 Å². The lowest BCUT2D eigenvalue weighted by Crippen LogP contribution is -2.40. The second kappa shape index (κ2) is 9.48. The Labute approximate surface area is 114 Å². The van der Waals surface area contributed by atoms with Crippen LogP contribution >= 0.6 is 21.6 Å². The molecule has 1 unspecified atom stereocenters. The van der Waals surface area contributed by atoms with E-state index < -0.39 is 24.0 Å². The summed E-state index contributed by atoms with van der Waals surface area (Å²) in [6, 6.07) is -1.87. The van der Waals surface area contributed by atoms with Gasteiger partial charge in [0.1, 0.15) is 12.1 Å². The third-order valence-corrected chi connectivity index (χ3v) is 5.25. The molecule has 0 rings (SSSR count). The first-order valence-corrected chi connectivity index (χ1v) is 8.03. The Kier molecular flexibility index (Phi) is 9.25. The zero-order valence-corrected chi connectivity index (χ0v) is 11.9. The van der Waals surface area contributed by atoms with E-state index in [1.807, 2.05) is 6.92 Å². The lowest BCUT2D eigenvalue weighted by molar-refractivity contribution is -0.139. The van der Waals surface area contributed by atoms with Crippen molar-refractivity contribution in [2.24, 2.45) is 11.5 Å². The molecule has 0 aromatic carbocycles. The summed E-state index contributed by atoms with van der Waals surface area (Å²) in [6.07, 6.45) is 2.55. The van der Waals surface area contributed by atoms with Gasteiger partial charge in [0.25, 0.3) is 0 Å². The van der Waals surface area contributed by atoms with Gasteiger partial charge in [0, 0.05) is 11.0 Å². The van der Waals surface area contributed by atoms with Crippen LogP contribution in [0.4, 0.5) is 0 Å². The van der Waals surface area contributed by atoms with Crippen LogP contribution in [-0.2, 0) is 9.59 Å². The van der Waals surface area contributed by atoms with E-state index in [2.05, 4.69) is 0 Å². The SMILES string of the molecule is CCCCC(SSC[C@H](N)C(=O)O)[C@H](N)C(=O)O. The predicted molar refractivity (Wildman–Crippen MR) is 74.6 cm³/mol. The summed E-state index contributed by atoms with van der Waals surface area (Å²) in [5.74, 6) is -1.86. The van der Waals surface area contributed by atoms with Gasteiger partial charge in [0.2, 0.25) is 0 Å². The van der Waals surface area contributed by atoms with Crippen molar-refractivity contribution in [1.82, 2.24) is 0 Å². The van der Waals surface area contributed by atoms with Crippen LogP contribution in [0.3, 0.4) is 0 Å². The molecule has 18 heavy (non-hydrogen) atoms. The number of rotatable bonds is 10. The number of unbranched alkanes of at least 4 members (excludes halogenated alkanes) is 1. The molecule has 0 fully saturated rings. The van der Waals surface area contributed by atoms with Crippen LogP contribution in [0.15, 0.2) is 0 Å². The largest absolute Gasteiger partial charge is 0.480 e. The lowest BCUT2D eigenvalue weighted by Gasteiger charge is -2.19. The molecular weight excluding hydrogens is 276 g/mol. The first-order valence-electron chi connectivity index (χ1n) is 5.65. The van der Waals surface area contributed by atoms with Crippen LogP contribution in [-0.4, -0.2) is 45.2 Å². The minimum absolute atomic E-state index is 0.228. The van der Waals surface area contributed by atoms with Crippen molar-refractivity contribution in [3.8, 4) is 0 Å². The normalized spacial score (nSPS) is 15.9. The summed E-state index contributed by atoms with van der Waals surface area (Å²) >= 11 is 0. The van der Waals surface area contributed by atoms with E-state index in [-0.39, 0.29) is 11.0 Å². The van der Waals surface area contributed by atoms with Crippen LogP contribution in [0, 0.1) is 0 Å². The van der Waals surface area contributed by atoms with E-state index >= 15 is 0 Å². The monoisotopic (exact) mass is 296 g/mol. The van der Waals surface area contributed by atoms with Crippen molar-refractivity contribution in [2.75, 3.05) is 5.75 Å². The van der Waals surface area contributed by atoms with E-state index in [0.29, 0.717) is 6.42 Å². The quantitative estimate of drug-likeness (QED) is 0.435. The number of carboxylic acids is 2. The van der Waals surface area contributed by atoms with Crippen molar-refractivity contribution in [1.29, 1.82) is 0 Å². The summed E-state index contributed by atoms with van der Waals surface area (Å²) in [5.41, 5.74) is 11.0. The summed E-state index contributed by atoms with van der Waals surface area (Å²) in [7, 11) is 2.57. The highest BCUT2D eigenvalue weighted by atomic mass is 33.1. The standard InChI is InChI=1S/C10H20N2O4S2/c1-2-3-4-7(8(12)10(15)16)18-17-5-6(11)9(13)14/h6-8H,2-5,11-12H2,1H3,(H,13,14)(H,15,16)/t6-,7?,8-/m0/s1. The second-order valence-electron chi connectivity index (χ2n) is 3.87. The van der Waals surface area contributed by atoms with Gasteiger partial charge in [-0.1, -0.05) is 41.4 Å². The highest BCUT2D eigenvalue weighted by Crippen LogP contribution is 2.32. The molecule has 0 spiro atoms. The third-order valence-electron chi connectivity index (χ3n) is 2.28. The van der Waals surface area contributed by atoms with Crippen LogP contribution in [0.25, 0.3) is 0 Å². The number of hydrogen-bond acceptors (Lipinski definition) is 6. The topological polar surface area (TPSA) is 127 Å². The average molecular weight is 296 g/mol. The molecule has 0 aliphatic heterocycles. The Morgan fingerprint density at radius 2 is 1.83 bits per heavy atom. The van der Waals surface area contributed by atoms with Gasteiger partial charge in [0.15, 0.2) is 0 Å². The van der Waals surface area contributed by atoms with Gasteiger partial charge < -0.3 is 21.7 Å². The Balaban J connectivity index is 4.16. The Morgan fingerprint density at radius 3 is 2.28 bits per heavy atom. The number of carboxylic acid groups (broad SMARTS) is 2. The zero-order valence-electron chi connectivity index (χ0n) is 10.2. The number of aliphatic carboxylic acids is 2. The molecule has 8 heteroatoms. The zero-order chi connectivity index (χ0) is 14.1. The molecule has 0 heterocycles. The molecule has 0 aliphatic carbocycles. The van der Waals surface area contributed by atoms with Gasteiger partial charge >= 0.3 is 11.9 Å². The Morgan fingerprint density at radius 1 is 1.22 bits per heavy atom. The van der Waals surface area contributed by atoms with Gasteiger partial charge in [0.05, 0.1) is 0 Å². The second-order valence-corrected chi connectivity index (χ2v) is 6.52. The fraction of sp³-hybridized carbons (Fsp3) is 0.800. The van der Waals surface area contributed by atoms with Gasteiger partial charge in [-0.25, -0.2) is 0 Å². The van der Waals surface area contributed by atoms with Crippen molar-refractivity contribution < 1.29 is 19.8 Å². The van der Waals surface area contributed by atoms with Gasteiger partial charge in [-0.2, -0.15) is 0 Å². The molecule has 0 bridgehead atoms. The molecule has 3 atom stereocenters. The van der Waals surface area contributed by atoms with Gasteiger partial charge in [-0.05, 0) is 6.42 Å². The smallest absolute Gasteiger partial charge is 0.321 e. The predicted octanol–water partition coefficient (Wildman–Crippen LogP) is 0.750. The molecule has 0 saturated heterocycles. The minimum atomic E-state index is -1.06. The average Bonchev–Trinajstić information content (AvgIpc) is 2.31. The van der Waals surface area contributed by atoms with Crippen LogP contribution < -0.4 is 11.5 Å². The minimum Gasteiger partial charge on any atom is -0.480 e. The summed E-state index contributed by atoms with van der Waals surface area (Å²) < 4.78 is 0. The molecule has 106 valence electrons. The first-order chi connectivity index (χ1) is 8.40. The Bertz CT molecular complexity index is 279. The maximum Gasteiger partial charge on any atom is 0.321 e. The molecule has 0 aliphatic rings. The summed E-state index contributed by atoms with van der Waals surface area (Å²) in [4.78, 5) is 21.4. The number of carbonyl (C=O) groups is 2. The van der Waals surface area contributed by atoms with Crippen molar-refractivity contribution in [3.63, 3.8) is 0 Å². The Hall–Kier alpha value is -0.440. The molecule has 6 N–H and O–H groups in total. The summed E-state index contributed by atoms with van der Waals surface area (Å²) in [5, 5.41) is 17.3. The van der Waals surface area contributed by atoms with Crippen molar-refractivity contribution >= 4 is 33.5 Å². The third kappa shape index (κ3) is 7.10. The van der Waals surface area contributed by atoms with Crippen LogP contribution in [0.1, 0.15) is 26.2 Å².